The molecule has 21 heavy (non-hydrogen) atoms. The third kappa shape index (κ3) is 4.21. The van der Waals surface area contributed by atoms with E-state index < -0.39 is 12.0 Å². The molecule has 3 atom stereocenters. The third-order valence-electron chi connectivity index (χ3n) is 3.73. The summed E-state index contributed by atoms with van der Waals surface area (Å²) in [5.74, 6) is -0.922. The Morgan fingerprint density at radius 1 is 1.43 bits per heavy atom. The summed E-state index contributed by atoms with van der Waals surface area (Å²) >= 11 is 5.95. The van der Waals surface area contributed by atoms with Gasteiger partial charge in [-0.15, -0.1) is 0 Å². The largest absolute Gasteiger partial charge is 0.480 e. The molecule has 2 rings (SSSR count). The maximum Gasteiger partial charge on any atom is 0.326 e. The monoisotopic (exact) mass is 309 g/mol. The molecule has 0 saturated heterocycles. The Hall–Kier alpha value is -1.55. The van der Waals surface area contributed by atoms with Gasteiger partial charge < -0.3 is 10.4 Å². The lowest BCUT2D eigenvalue weighted by Gasteiger charge is -2.16. The van der Waals surface area contributed by atoms with E-state index in [1.165, 1.54) is 0 Å². The molecule has 0 heterocycles. The summed E-state index contributed by atoms with van der Waals surface area (Å²) in [7, 11) is 0. The number of carboxylic acids is 1. The molecule has 0 bridgehead atoms. The van der Waals surface area contributed by atoms with E-state index in [9.17, 15) is 9.59 Å². The van der Waals surface area contributed by atoms with Crippen molar-refractivity contribution in [2.24, 2.45) is 11.8 Å². The van der Waals surface area contributed by atoms with E-state index in [0.29, 0.717) is 11.4 Å². The minimum atomic E-state index is -0.975. The van der Waals surface area contributed by atoms with Gasteiger partial charge in [0.1, 0.15) is 6.04 Å². The number of rotatable bonds is 6. The van der Waals surface area contributed by atoms with Crippen LogP contribution in [0.1, 0.15) is 38.2 Å². The normalized spacial score (nSPS) is 21.9. The van der Waals surface area contributed by atoms with Crippen LogP contribution in [0, 0.1) is 11.8 Å². The van der Waals surface area contributed by atoms with Crippen LogP contribution in [0.15, 0.2) is 24.3 Å². The molecule has 1 aliphatic carbocycles. The number of aliphatic carboxylic acids is 1. The van der Waals surface area contributed by atoms with E-state index in [4.69, 9.17) is 16.7 Å². The van der Waals surface area contributed by atoms with Crippen LogP contribution in [0.3, 0.4) is 0 Å². The molecular formula is C16H20ClNO3. The highest BCUT2D eigenvalue weighted by Crippen LogP contribution is 2.48. The maximum absolute atomic E-state index is 12.2. The van der Waals surface area contributed by atoms with Gasteiger partial charge in [0.15, 0.2) is 0 Å². The number of benzene rings is 1. The average Bonchev–Trinajstić information content (AvgIpc) is 3.17. The number of nitrogens with one attached hydrogen (secondary N) is 1. The highest BCUT2D eigenvalue weighted by molar-refractivity contribution is 6.30. The van der Waals surface area contributed by atoms with Crippen molar-refractivity contribution in [3.05, 3.63) is 34.9 Å². The Kier molecular flexibility index (Phi) is 4.88. The highest BCUT2D eigenvalue weighted by atomic mass is 35.5. The number of hydrogen-bond acceptors (Lipinski definition) is 2. The van der Waals surface area contributed by atoms with Crippen LogP contribution >= 0.6 is 11.6 Å². The average molecular weight is 310 g/mol. The van der Waals surface area contributed by atoms with Gasteiger partial charge in [-0.05, 0) is 42.4 Å². The summed E-state index contributed by atoms with van der Waals surface area (Å²) < 4.78 is 0. The molecule has 114 valence electrons. The minimum Gasteiger partial charge on any atom is -0.480 e. The van der Waals surface area contributed by atoms with Gasteiger partial charge in [-0.1, -0.05) is 37.6 Å². The van der Waals surface area contributed by atoms with Gasteiger partial charge in [-0.3, -0.25) is 4.79 Å². The predicted octanol–water partition coefficient (Wildman–Crippen LogP) is 3.06. The van der Waals surface area contributed by atoms with Crippen LogP contribution in [-0.2, 0) is 9.59 Å². The predicted molar refractivity (Wildman–Crippen MR) is 81.3 cm³/mol. The molecule has 0 radical (unpaired) electrons. The van der Waals surface area contributed by atoms with Gasteiger partial charge >= 0.3 is 5.97 Å². The Morgan fingerprint density at radius 3 is 2.71 bits per heavy atom. The van der Waals surface area contributed by atoms with Crippen molar-refractivity contribution in [2.75, 3.05) is 0 Å². The van der Waals surface area contributed by atoms with Gasteiger partial charge in [0.2, 0.25) is 5.91 Å². The zero-order valence-electron chi connectivity index (χ0n) is 12.2. The van der Waals surface area contributed by atoms with Crippen molar-refractivity contribution < 1.29 is 14.7 Å². The van der Waals surface area contributed by atoms with E-state index in [-0.39, 0.29) is 23.7 Å². The fourth-order valence-corrected chi connectivity index (χ4v) is 2.76. The molecule has 0 aliphatic heterocycles. The first kappa shape index (κ1) is 15.8. The van der Waals surface area contributed by atoms with Gasteiger partial charge in [0.25, 0.3) is 0 Å². The van der Waals surface area contributed by atoms with Crippen molar-refractivity contribution in [1.29, 1.82) is 0 Å². The summed E-state index contributed by atoms with van der Waals surface area (Å²) in [5.41, 5.74) is 1.04. The molecule has 1 fully saturated rings. The SMILES string of the molecule is CC(C)C[C@@H](NC(=O)C1CC1c1cccc(Cl)c1)C(=O)O. The van der Waals surface area contributed by atoms with Crippen LogP contribution in [0.5, 0.6) is 0 Å². The second-order valence-electron chi connectivity index (χ2n) is 6.03. The molecule has 1 aliphatic rings. The van der Waals surface area contributed by atoms with Crippen LogP contribution < -0.4 is 5.32 Å². The fraction of sp³-hybridized carbons (Fsp3) is 0.500. The van der Waals surface area contributed by atoms with E-state index in [2.05, 4.69) is 5.32 Å². The number of hydrogen-bond donors (Lipinski definition) is 2. The molecule has 1 aromatic rings. The minimum absolute atomic E-state index is 0.141. The fourth-order valence-electron chi connectivity index (χ4n) is 2.56. The molecule has 0 aromatic heterocycles. The van der Waals surface area contributed by atoms with Crippen molar-refractivity contribution in [1.82, 2.24) is 5.32 Å². The van der Waals surface area contributed by atoms with Gasteiger partial charge in [-0.25, -0.2) is 4.79 Å². The standard InChI is InChI=1S/C16H20ClNO3/c1-9(2)6-14(16(20)21)18-15(19)13-8-12(13)10-4-3-5-11(17)7-10/h3-5,7,9,12-14H,6,8H2,1-2H3,(H,18,19)(H,20,21)/t12?,13?,14-/m1/s1. The van der Waals surface area contributed by atoms with Gasteiger partial charge in [0, 0.05) is 10.9 Å². The second kappa shape index (κ2) is 6.48. The Labute approximate surface area is 129 Å². The molecule has 1 amide bonds. The Bertz CT molecular complexity index is 544. The van der Waals surface area contributed by atoms with E-state index in [1.54, 1.807) is 6.07 Å². The first-order valence-corrected chi connectivity index (χ1v) is 7.55. The van der Waals surface area contributed by atoms with Crippen LogP contribution in [-0.4, -0.2) is 23.0 Å². The summed E-state index contributed by atoms with van der Waals surface area (Å²) in [6, 6.07) is 6.67. The molecular weight excluding hydrogens is 290 g/mol. The first-order chi connectivity index (χ1) is 9.88. The van der Waals surface area contributed by atoms with Crippen molar-refractivity contribution >= 4 is 23.5 Å². The Morgan fingerprint density at radius 2 is 2.14 bits per heavy atom. The Balaban J connectivity index is 1.94. The molecule has 5 heteroatoms. The lowest BCUT2D eigenvalue weighted by molar-refractivity contribution is -0.142. The number of amides is 1. The number of halogens is 1. The van der Waals surface area contributed by atoms with Crippen molar-refractivity contribution in [3.63, 3.8) is 0 Å². The summed E-state index contributed by atoms with van der Waals surface area (Å²) in [4.78, 5) is 23.3. The van der Waals surface area contributed by atoms with Gasteiger partial charge in [0.05, 0.1) is 0 Å². The molecule has 0 spiro atoms. The number of carbonyl (C=O) groups is 2. The van der Waals surface area contributed by atoms with E-state index >= 15 is 0 Å². The maximum atomic E-state index is 12.2. The zero-order chi connectivity index (χ0) is 15.6. The summed E-state index contributed by atoms with van der Waals surface area (Å²) in [6.45, 7) is 3.88. The topological polar surface area (TPSA) is 66.4 Å². The van der Waals surface area contributed by atoms with Crippen molar-refractivity contribution in [3.8, 4) is 0 Å². The van der Waals surface area contributed by atoms with Crippen LogP contribution in [0.25, 0.3) is 0 Å². The quantitative estimate of drug-likeness (QED) is 0.848. The van der Waals surface area contributed by atoms with Crippen LogP contribution in [0.2, 0.25) is 5.02 Å². The van der Waals surface area contributed by atoms with E-state index in [1.807, 2.05) is 32.0 Å². The molecule has 1 aromatic carbocycles. The molecule has 2 unspecified atom stereocenters. The lowest BCUT2D eigenvalue weighted by Crippen LogP contribution is -2.42. The molecule has 2 N–H and O–H groups in total. The zero-order valence-corrected chi connectivity index (χ0v) is 12.9. The summed E-state index contributed by atoms with van der Waals surface area (Å²) in [5, 5.41) is 12.5. The number of carboxylic acid groups (broad SMARTS) is 1. The molecule has 4 nitrogen and oxygen atoms in total. The second-order valence-corrected chi connectivity index (χ2v) is 6.47. The molecule has 1 saturated carbocycles. The van der Waals surface area contributed by atoms with Crippen LogP contribution in [0.4, 0.5) is 0 Å². The summed E-state index contributed by atoms with van der Waals surface area (Å²) in [6.07, 6.45) is 1.19. The first-order valence-electron chi connectivity index (χ1n) is 7.17. The number of carbonyl (C=O) groups excluding carboxylic acids is 1. The smallest absolute Gasteiger partial charge is 0.326 e. The highest BCUT2D eigenvalue weighted by Gasteiger charge is 2.44. The van der Waals surface area contributed by atoms with E-state index in [0.717, 1.165) is 12.0 Å². The third-order valence-corrected chi connectivity index (χ3v) is 3.96. The lowest BCUT2D eigenvalue weighted by atomic mass is 10.0. The van der Waals surface area contributed by atoms with Crippen molar-refractivity contribution in [2.45, 2.75) is 38.6 Å². The van der Waals surface area contributed by atoms with Gasteiger partial charge in [-0.2, -0.15) is 0 Å².